The molecule has 1 aromatic carbocycles. The van der Waals surface area contributed by atoms with Gasteiger partial charge in [0.1, 0.15) is 5.82 Å². The summed E-state index contributed by atoms with van der Waals surface area (Å²) in [4.78, 5) is 11.4. The maximum atomic E-state index is 4.53. The minimum Gasteiger partial charge on any atom is -0.349 e. The Labute approximate surface area is 160 Å². The highest BCUT2D eigenvalue weighted by atomic mass is 32.2. The molecule has 1 fully saturated rings. The van der Waals surface area contributed by atoms with E-state index in [0.717, 1.165) is 37.2 Å². The predicted molar refractivity (Wildman–Crippen MR) is 111 cm³/mol. The molecule has 6 heteroatoms. The third-order valence-electron chi connectivity index (χ3n) is 4.75. The first-order valence-electron chi connectivity index (χ1n) is 9.28. The number of rotatable bonds is 5. The molecular weight excluding hydrogens is 342 g/mol. The molecule has 26 heavy (non-hydrogen) atoms. The van der Waals surface area contributed by atoms with E-state index in [1.54, 1.807) is 0 Å². The van der Waals surface area contributed by atoms with Crippen molar-refractivity contribution >= 4 is 17.7 Å². The van der Waals surface area contributed by atoms with E-state index in [0.29, 0.717) is 17.7 Å². The van der Waals surface area contributed by atoms with Crippen molar-refractivity contribution in [3.05, 3.63) is 54.1 Å². The Balaban J connectivity index is 1.60. The average molecular weight is 372 g/mol. The van der Waals surface area contributed by atoms with Crippen molar-refractivity contribution < 1.29 is 0 Å². The van der Waals surface area contributed by atoms with Crippen LogP contribution in [-0.2, 0) is 13.1 Å². The maximum absolute atomic E-state index is 4.53. The second kappa shape index (κ2) is 9.12. The Morgan fingerprint density at radius 2 is 2.15 bits per heavy atom. The van der Waals surface area contributed by atoms with Crippen LogP contribution in [-0.4, -0.2) is 51.6 Å². The Bertz CT molecular complexity index is 710. The molecule has 1 atom stereocenters. The van der Waals surface area contributed by atoms with Crippen molar-refractivity contribution in [1.29, 1.82) is 0 Å². The molecular formula is C20H29N5S. The summed E-state index contributed by atoms with van der Waals surface area (Å²) in [6.45, 7) is 8.23. The zero-order valence-electron chi connectivity index (χ0n) is 15.9. The van der Waals surface area contributed by atoms with Crippen LogP contribution in [0.1, 0.15) is 25.2 Å². The van der Waals surface area contributed by atoms with E-state index in [2.05, 4.69) is 74.6 Å². The smallest absolute Gasteiger partial charge is 0.194 e. The molecule has 0 amide bonds. The Morgan fingerprint density at radius 1 is 1.35 bits per heavy atom. The molecule has 2 heterocycles. The summed E-state index contributed by atoms with van der Waals surface area (Å²) in [6, 6.07) is 10.5. The van der Waals surface area contributed by atoms with E-state index >= 15 is 0 Å². The van der Waals surface area contributed by atoms with Gasteiger partial charge in [-0.2, -0.15) is 11.8 Å². The first kappa shape index (κ1) is 18.8. The van der Waals surface area contributed by atoms with E-state index < -0.39 is 0 Å². The molecule has 0 saturated carbocycles. The largest absolute Gasteiger partial charge is 0.349 e. The fourth-order valence-electron chi connectivity index (χ4n) is 3.19. The Hall–Kier alpha value is -1.95. The summed E-state index contributed by atoms with van der Waals surface area (Å²) in [7, 11) is 1.87. The van der Waals surface area contributed by atoms with Crippen molar-refractivity contribution in [2.45, 2.75) is 32.2 Å². The van der Waals surface area contributed by atoms with E-state index in [9.17, 15) is 0 Å². The lowest BCUT2D eigenvalue weighted by Crippen LogP contribution is -2.49. The first-order valence-corrected chi connectivity index (χ1v) is 10.3. The molecule has 0 aliphatic carbocycles. The van der Waals surface area contributed by atoms with Crippen LogP contribution in [0.3, 0.4) is 0 Å². The van der Waals surface area contributed by atoms with Gasteiger partial charge in [0, 0.05) is 50.1 Å². The minimum atomic E-state index is 0.669. The standard InChI is InChI=1S/C20H29N5S/c1-16(2)18-15-25(11-12-26-18)20(21-3)23-13-19-22-9-10-24(19)14-17-7-5-4-6-8-17/h4-10,16,18H,11-15H2,1-3H3,(H,21,23). The van der Waals surface area contributed by atoms with Crippen LogP contribution in [0.25, 0.3) is 0 Å². The molecule has 0 bridgehead atoms. The zero-order chi connectivity index (χ0) is 18.4. The number of imidazole rings is 1. The summed E-state index contributed by atoms with van der Waals surface area (Å²) in [5, 5.41) is 4.18. The van der Waals surface area contributed by atoms with Gasteiger partial charge in [0.2, 0.25) is 0 Å². The van der Waals surface area contributed by atoms with Gasteiger partial charge in [-0.25, -0.2) is 4.98 Å². The second-order valence-electron chi connectivity index (χ2n) is 6.96. The molecule has 5 nitrogen and oxygen atoms in total. The molecule has 1 aliphatic heterocycles. The molecule has 1 aromatic heterocycles. The van der Waals surface area contributed by atoms with Crippen molar-refractivity contribution in [2.75, 3.05) is 25.9 Å². The minimum absolute atomic E-state index is 0.669. The molecule has 0 radical (unpaired) electrons. The number of nitrogens with one attached hydrogen (secondary N) is 1. The van der Waals surface area contributed by atoms with Gasteiger partial charge >= 0.3 is 0 Å². The number of guanidine groups is 1. The van der Waals surface area contributed by atoms with Gasteiger partial charge in [-0.1, -0.05) is 44.2 Å². The van der Waals surface area contributed by atoms with Gasteiger partial charge < -0.3 is 14.8 Å². The molecule has 3 rings (SSSR count). The molecule has 140 valence electrons. The number of aliphatic imine (C=N–C) groups is 1. The third-order valence-corrected chi connectivity index (χ3v) is 6.29. The number of thioether (sulfide) groups is 1. The van der Waals surface area contributed by atoms with Crippen LogP contribution >= 0.6 is 11.8 Å². The van der Waals surface area contributed by atoms with Crippen LogP contribution in [0.4, 0.5) is 0 Å². The van der Waals surface area contributed by atoms with E-state index in [1.165, 1.54) is 5.56 Å². The monoisotopic (exact) mass is 371 g/mol. The van der Waals surface area contributed by atoms with E-state index in [4.69, 9.17) is 0 Å². The van der Waals surface area contributed by atoms with Crippen LogP contribution in [0.2, 0.25) is 0 Å². The van der Waals surface area contributed by atoms with Crippen molar-refractivity contribution in [3.63, 3.8) is 0 Å². The van der Waals surface area contributed by atoms with Crippen LogP contribution in [0.5, 0.6) is 0 Å². The highest BCUT2D eigenvalue weighted by molar-refractivity contribution is 8.00. The normalized spacial score (nSPS) is 18.4. The number of benzene rings is 1. The van der Waals surface area contributed by atoms with Crippen molar-refractivity contribution in [3.8, 4) is 0 Å². The van der Waals surface area contributed by atoms with Gasteiger partial charge in [-0.05, 0) is 11.5 Å². The summed E-state index contributed by atoms with van der Waals surface area (Å²) < 4.78 is 2.19. The summed E-state index contributed by atoms with van der Waals surface area (Å²) in [6.07, 6.45) is 3.91. The number of aromatic nitrogens is 2. The van der Waals surface area contributed by atoms with Gasteiger partial charge in [0.05, 0.1) is 6.54 Å². The SMILES string of the molecule is CN=C(NCc1nccn1Cc1ccccc1)N1CCSC(C(C)C)C1. The number of nitrogens with zero attached hydrogens (tertiary/aromatic N) is 4. The molecule has 2 aromatic rings. The molecule has 1 unspecified atom stereocenters. The van der Waals surface area contributed by atoms with Gasteiger partial charge in [0.15, 0.2) is 5.96 Å². The predicted octanol–water partition coefficient (Wildman–Crippen LogP) is 3.08. The topological polar surface area (TPSA) is 45.5 Å². The quantitative estimate of drug-likeness (QED) is 0.648. The Kier molecular flexibility index (Phi) is 6.61. The first-order chi connectivity index (χ1) is 12.7. The summed E-state index contributed by atoms with van der Waals surface area (Å²) >= 11 is 2.08. The van der Waals surface area contributed by atoms with Gasteiger partial charge in [-0.3, -0.25) is 4.99 Å². The van der Waals surface area contributed by atoms with Gasteiger partial charge in [0.25, 0.3) is 0 Å². The zero-order valence-corrected chi connectivity index (χ0v) is 16.7. The van der Waals surface area contributed by atoms with Crippen LogP contribution in [0, 0.1) is 5.92 Å². The fourth-order valence-corrected chi connectivity index (χ4v) is 4.49. The van der Waals surface area contributed by atoms with Crippen LogP contribution < -0.4 is 5.32 Å². The van der Waals surface area contributed by atoms with E-state index in [-0.39, 0.29) is 0 Å². The fraction of sp³-hybridized carbons (Fsp3) is 0.500. The lowest BCUT2D eigenvalue weighted by atomic mass is 10.1. The van der Waals surface area contributed by atoms with E-state index in [1.807, 2.05) is 25.5 Å². The third kappa shape index (κ3) is 4.81. The number of hydrogen-bond donors (Lipinski definition) is 1. The summed E-state index contributed by atoms with van der Waals surface area (Å²) in [5.41, 5.74) is 1.28. The molecule has 1 saturated heterocycles. The molecule has 1 aliphatic rings. The maximum Gasteiger partial charge on any atom is 0.194 e. The van der Waals surface area contributed by atoms with Crippen molar-refractivity contribution in [2.24, 2.45) is 10.9 Å². The lowest BCUT2D eigenvalue weighted by Gasteiger charge is -2.36. The average Bonchev–Trinajstić information content (AvgIpc) is 3.10. The Morgan fingerprint density at radius 3 is 2.88 bits per heavy atom. The van der Waals surface area contributed by atoms with Crippen molar-refractivity contribution in [1.82, 2.24) is 19.8 Å². The second-order valence-corrected chi connectivity index (χ2v) is 8.30. The summed E-state index contributed by atoms with van der Waals surface area (Å²) in [5.74, 6) is 3.85. The van der Waals surface area contributed by atoms with Gasteiger partial charge in [-0.15, -0.1) is 0 Å². The highest BCUT2D eigenvalue weighted by Crippen LogP contribution is 2.24. The highest BCUT2D eigenvalue weighted by Gasteiger charge is 2.24. The van der Waals surface area contributed by atoms with Crippen LogP contribution in [0.15, 0.2) is 47.7 Å². The number of hydrogen-bond acceptors (Lipinski definition) is 3. The lowest BCUT2D eigenvalue weighted by molar-refractivity contribution is 0.380. The molecule has 0 spiro atoms. The molecule has 1 N–H and O–H groups in total.